The van der Waals surface area contributed by atoms with Gasteiger partial charge in [0.05, 0.1) is 23.6 Å². The number of carbonyl (C=O) groups is 2. The Hall–Kier alpha value is -3.79. The molecule has 0 bridgehead atoms. The second-order valence-corrected chi connectivity index (χ2v) is 8.62. The van der Waals surface area contributed by atoms with Crippen LogP contribution in [0.15, 0.2) is 65.8 Å². The van der Waals surface area contributed by atoms with Gasteiger partial charge in [-0.3, -0.25) is 9.59 Å². The van der Waals surface area contributed by atoms with E-state index in [1.165, 1.54) is 32.3 Å². The first kappa shape index (κ1) is 22.9. The fraction of sp³-hybridized carbons (Fsp3) is 0.182. The fourth-order valence-electron chi connectivity index (χ4n) is 2.76. The Morgan fingerprint density at radius 3 is 2.38 bits per heavy atom. The van der Waals surface area contributed by atoms with Crippen LogP contribution in [0.2, 0.25) is 0 Å². The summed E-state index contributed by atoms with van der Waals surface area (Å²) < 4.78 is 32.1. The lowest BCUT2D eigenvalue weighted by molar-refractivity contribution is -0.131. The van der Waals surface area contributed by atoms with E-state index in [1.807, 2.05) is 29.0 Å². The second-order valence-electron chi connectivity index (χ2n) is 6.94. The molecule has 1 aromatic heterocycles. The Labute approximate surface area is 185 Å². The highest BCUT2D eigenvalue weighted by Gasteiger charge is 2.24. The molecule has 0 aliphatic rings. The zero-order valence-electron chi connectivity index (χ0n) is 17.7. The van der Waals surface area contributed by atoms with Gasteiger partial charge in [0.1, 0.15) is 23.7 Å². The first-order chi connectivity index (χ1) is 15.2. The molecule has 0 saturated heterocycles. The minimum atomic E-state index is -4.10. The molecular formula is C22H22N4O5S. The Morgan fingerprint density at radius 1 is 1.03 bits per heavy atom. The van der Waals surface area contributed by atoms with Crippen LogP contribution in [-0.4, -0.2) is 37.2 Å². The van der Waals surface area contributed by atoms with Gasteiger partial charge in [-0.05, 0) is 50.2 Å². The molecule has 10 heteroatoms. The quantitative estimate of drug-likeness (QED) is 0.497. The first-order valence-electron chi connectivity index (χ1n) is 9.61. The van der Waals surface area contributed by atoms with Gasteiger partial charge in [0.2, 0.25) is 5.91 Å². The van der Waals surface area contributed by atoms with Gasteiger partial charge in [0, 0.05) is 17.3 Å². The molecule has 1 heterocycles. The number of aromatic nitrogens is 2. The number of para-hydroxylation sites is 1. The fourth-order valence-corrected chi connectivity index (χ4v) is 3.81. The lowest BCUT2D eigenvalue weighted by Gasteiger charge is -2.12. The summed E-state index contributed by atoms with van der Waals surface area (Å²) in [6.45, 7) is 2.57. The SMILES string of the molecule is COc1ccccc1-c1cc(Nc2ccc(S(=O)(=O)NC(=O)C(C)C(C)=O)cc2)ncn1. The van der Waals surface area contributed by atoms with Crippen LogP contribution < -0.4 is 14.8 Å². The monoisotopic (exact) mass is 454 g/mol. The van der Waals surface area contributed by atoms with Crippen LogP contribution >= 0.6 is 0 Å². The lowest BCUT2D eigenvalue weighted by Crippen LogP contribution is -2.37. The number of benzene rings is 2. The molecule has 3 aromatic rings. The van der Waals surface area contributed by atoms with Gasteiger partial charge in [-0.25, -0.2) is 23.1 Å². The van der Waals surface area contributed by atoms with Crippen LogP contribution in [0.4, 0.5) is 11.5 Å². The summed E-state index contributed by atoms with van der Waals surface area (Å²) in [4.78, 5) is 31.6. The third-order valence-electron chi connectivity index (χ3n) is 4.73. The number of rotatable bonds is 8. The van der Waals surface area contributed by atoms with E-state index >= 15 is 0 Å². The average Bonchev–Trinajstić information content (AvgIpc) is 2.78. The zero-order chi connectivity index (χ0) is 23.3. The molecule has 2 N–H and O–H groups in total. The number of sulfonamides is 1. The molecule has 3 rings (SSSR count). The number of nitrogens with zero attached hydrogens (tertiary/aromatic N) is 2. The predicted octanol–water partition coefficient (Wildman–Crippen LogP) is 2.93. The van der Waals surface area contributed by atoms with Crippen molar-refractivity contribution in [3.05, 3.63) is 60.9 Å². The molecule has 0 aliphatic heterocycles. The summed E-state index contributed by atoms with van der Waals surface area (Å²) in [5, 5.41) is 3.09. The molecule has 1 unspecified atom stereocenters. The summed E-state index contributed by atoms with van der Waals surface area (Å²) in [7, 11) is -2.52. The summed E-state index contributed by atoms with van der Waals surface area (Å²) in [6, 6.07) is 15.0. The number of methoxy groups -OCH3 is 1. The van der Waals surface area contributed by atoms with Crippen LogP contribution in [0.1, 0.15) is 13.8 Å². The molecule has 1 amide bonds. The van der Waals surface area contributed by atoms with Crippen molar-refractivity contribution >= 4 is 33.2 Å². The van der Waals surface area contributed by atoms with Gasteiger partial charge in [-0.1, -0.05) is 12.1 Å². The smallest absolute Gasteiger partial charge is 0.264 e. The highest BCUT2D eigenvalue weighted by atomic mass is 32.2. The Bertz CT molecular complexity index is 1240. The van der Waals surface area contributed by atoms with Crippen LogP contribution in [0.25, 0.3) is 11.3 Å². The minimum Gasteiger partial charge on any atom is -0.496 e. The van der Waals surface area contributed by atoms with E-state index in [2.05, 4.69) is 15.3 Å². The standard InChI is InChI=1S/C22H22N4O5S/c1-14(15(2)27)22(28)26-32(29,30)17-10-8-16(9-11-17)25-21-12-19(23-13-24-21)18-6-4-5-7-20(18)31-3/h4-14H,1-3H3,(H,26,28)(H,23,24,25). The van der Waals surface area contributed by atoms with Gasteiger partial charge in [-0.15, -0.1) is 0 Å². The third-order valence-corrected chi connectivity index (χ3v) is 6.09. The van der Waals surface area contributed by atoms with Gasteiger partial charge >= 0.3 is 0 Å². The van der Waals surface area contributed by atoms with Gasteiger partial charge in [0.15, 0.2) is 0 Å². The van der Waals surface area contributed by atoms with Crippen molar-refractivity contribution in [2.24, 2.45) is 5.92 Å². The molecule has 0 spiro atoms. The molecule has 0 radical (unpaired) electrons. The normalized spacial score (nSPS) is 12.0. The highest BCUT2D eigenvalue weighted by molar-refractivity contribution is 7.90. The van der Waals surface area contributed by atoms with Crippen molar-refractivity contribution in [1.29, 1.82) is 0 Å². The molecular weight excluding hydrogens is 432 g/mol. The van der Waals surface area contributed by atoms with Crippen LogP contribution in [0.5, 0.6) is 5.75 Å². The first-order valence-corrected chi connectivity index (χ1v) is 11.1. The van der Waals surface area contributed by atoms with Crippen molar-refractivity contribution in [3.8, 4) is 17.0 Å². The topological polar surface area (TPSA) is 127 Å². The maximum atomic E-state index is 12.4. The number of carbonyl (C=O) groups excluding carboxylic acids is 2. The van der Waals surface area contributed by atoms with Crippen molar-refractivity contribution in [1.82, 2.24) is 14.7 Å². The molecule has 0 aliphatic carbocycles. The van der Waals surface area contributed by atoms with E-state index in [9.17, 15) is 18.0 Å². The van der Waals surface area contributed by atoms with Gasteiger partial charge in [0.25, 0.3) is 10.0 Å². The summed E-state index contributed by atoms with van der Waals surface area (Å²) in [5.41, 5.74) is 2.04. The van der Waals surface area contributed by atoms with E-state index in [4.69, 9.17) is 4.74 Å². The maximum Gasteiger partial charge on any atom is 0.264 e. The third kappa shape index (κ3) is 5.27. The predicted molar refractivity (Wildman–Crippen MR) is 119 cm³/mol. The summed E-state index contributed by atoms with van der Waals surface area (Å²) in [5.74, 6) is -1.17. The number of hydrogen-bond acceptors (Lipinski definition) is 8. The Balaban J connectivity index is 1.76. The van der Waals surface area contributed by atoms with Crippen molar-refractivity contribution in [2.75, 3.05) is 12.4 Å². The van der Waals surface area contributed by atoms with E-state index in [0.717, 1.165) is 5.56 Å². The molecule has 0 saturated carbocycles. The number of amides is 1. The van der Waals surface area contributed by atoms with Crippen molar-refractivity contribution in [3.63, 3.8) is 0 Å². The van der Waals surface area contributed by atoms with Gasteiger partial charge in [-0.2, -0.15) is 0 Å². The molecule has 32 heavy (non-hydrogen) atoms. The van der Waals surface area contributed by atoms with Crippen LogP contribution in [0, 0.1) is 5.92 Å². The number of Topliss-reactive ketones (excluding diaryl/α,β-unsaturated/α-hetero) is 1. The number of anilines is 2. The number of ketones is 1. The average molecular weight is 455 g/mol. The Kier molecular flexibility index (Phi) is 6.84. The Morgan fingerprint density at radius 2 is 1.72 bits per heavy atom. The zero-order valence-corrected chi connectivity index (χ0v) is 18.5. The van der Waals surface area contributed by atoms with Crippen LogP contribution in [0.3, 0.4) is 0 Å². The summed E-state index contributed by atoms with van der Waals surface area (Å²) in [6.07, 6.45) is 1.41. The largest absolute Gasteiger partial charge is 0.496 e. The van der Waals surface area contributed by atoms with E-state index in [1.54, 1.807) is 25.3 Å². The number of hydrogen-bond donors (Lipinski definition) is 2. The number of nitrogens with one attached hydrogen (secondary N) is 2. The lowest BCUT2D eigenvalue weighted by atomic mass is 10.1. The van der Waals surface area contributed by atoms with E-state index < -0.39 is 27.6 Å². The summed E-state index contributed by atoms with van der Waals surface area (Å²) >= 11 is 0. The van der Waals surface area contributed by atoms with Crippen molar-refractivity contribution in [2.45, 2.75) is 18.7 Å². The molecule has 0 fully saturated rings. The van der Waals surface area contributed by atoms with Crippen molar-refractivity contribution < 1.29 is 22.7 Å². The molecule has 2 aromatic carbocycles. The maximum absolute atomic E-state index is 12.4. The van der Waals surface area contributed by atoms with E-state index in [-0.39, 0.29) is 4.90 Å². The minimum absolute atomic E-state index is 0.107. The molecule has 166 valence electrons. The second kappa shape index (κ2) is 9.56. The number of ether oxygens (including phenoxy) is 1. The highest BCUT2D eigenvalue weighted by Crippen LogP contribution is 2.29. The molecule has 1 atom stereocenters. The van der Waals surface area contributed by atoms with Gasteiger partial charge < -0.3 is 10.1 Å². The van der Waals surface area contributed by atoms with Crippen LogP contribution in [-0.2, 0) is 19.6 Å². The van der Waals surface area contributed by atoms with E-state index in [0.29, 0.717) is 22.9 Å². The molecule has 9 nitrogen and oxygen atoms in total.